The highest BCUT2D eigenvalue weighted by molar-refractivity contribution is 7.89. The summed E-state index contributed by atoms with van der Waals surface area (Å²) in [5.74, 6) is 0.853. The number of sulfonamides is 1. The molecule has 0 heterocycles. The predicted molar refractivity (Wildman–Crippen MR) is 78.8 cm³/mol. The molecule has 1 fully saturated rings. The van der Waals surface area contributed by atoms with Crippen molar-refractivity contribution in [3.63, 3.8) is 0 Å². The van der Waals surface area contributed by atoms with E-state index in [0.29, 0.717) is 11.8 Å². The molecule has 5 nitrogen and oxygen atoms in total. The Hall–Kier alpha value is -1.11. The number of aliphatic hydroxyl groups excluding tert-OH is 1. The zero-order chi connectivity index (χ0) is 14.6. The largest absolute Gasteiger partial charge is 0.396 e. The molecular formula is C14H22N2O3S. The Morgan fingerprint density at radius 3 is 2.30 bits per heavy atom. The Labute approximate surface area is 120 Å². The summed E-state index contributed by atoms with van der Waals surface area (Å²) in [6.45, 7) is 1.05. The van der Waals surface area contributed by atoms with Crippen LogP contribution in [0.1, 0.15) is 25.7 Å². The second-order valence-corrected chi connectivity index (χ2v) is 7.00. The highest BCUT2D eigenvalue weighted by Gasteiger charge is 2.24. The lowest BCUT2D eigenvalue weighted by molar-refractivity contribution is 0.141. The molecule has 2 rings (SSSR count). The lowest BCUT2D eigenvalue weighted by atomic mass is 9.79. The second-order valence-electron chi connectivity index (χ2n) is 5.44. The van der Waals surface area contributed by atoms with Crippen LogP contribution in [0.3, 0.4) is 0 Å². The van der Waals surface area contributed by atoms with Gasteiger partial charge in [-0.25, -0.2) is 13.6 Å². The van der Waals surface area contributed by atoms with Crippen LogP contribution in [0, 0.1) is 11.8 Å². The summed E-state index contributed by atoms with van der Waals surface area (Å²) >= 11 is 0. The van der Waals surface area contributed by atoms with Crippen LogP contribution in [-0.4, -0.2) is 26.7 Å². The molecule has 112 valence electrons. The Balaban J connectivity index is 1.93. The molecule has 0 saturated heterocycles. The van der Waals surface area contributed by atoms with Crippen molar-refractivity contribution in [2.24, 2.45) is 17.0 Å². The average Bonchev–Trinajstić information content (AvgIpc) is 2.45. The molecule has 6 heteroatoms. The van der Waals surface area contributed by atoms with Crippen molar-refractivity contribution in [2.75, 3.05) is 18.5 Å². The number of nitrogens with one attached hydrogen (secondary N) is 1. The van der Waals surface area contributed by atoms with Crippen LogP contribution >= 0.6 is 0 Å². The third kappa shape index (κ3) is 3.94. The highest BCUT2D eigenvalue weighted by Crippen LogP contribution is 2.29. The third-order valence-electron chi connectivity index (χ3n) is 4.05. The number of hydrogen-bond donors (Lipinski definition) is 3. The average molecular weight is 298 g/mol. The second kappa shape index (κ2) is 6.56. The Morgan fingerprint density at radius 2 is 1.75 bits per heavy atom. The highest BCUT2D eigenvalue weighted by atomic mass is 32.2. The van der Waals surface area contributed by atoms with Crippen molar-refractivity contribution in [2.45, 2.75) is 30.6 Å². The van der Waals surface area contributed by atoms with Gasteiger partial charge < -0.3 is 10.4 Å². The fourth-order valence-electron chi connectivity index (χ4n) is 2.80. The van der Waals surface area contributed by atoms with Gasteiger partial charge in [0.1, 0.15) is 0 Å². The fourth-order valence-corrected chi connectivity index (χ4v) is 3.32. The van der Waals surface area contributed by atoms with Gasteiger partial charge in [0.05, 0.1) is 4.90 Å². The van der Waals surface area contributed by atoms with Crippen LogP contribution in [0.25, 0.3) is 0 Å². The topological polar surface area (TPSA) is 92.4 Å². The Kier molecular flexibility index (Phi) is 5.01. The van der Waals surface area contributed by atoms with Crippen LogP contribution in [-0.2, 0) is 10.0 Å². The van der Waals surface area contributed by atoms with E-state index in [-0.39, 0.29) is 11.5 Å². The van der Waals surface area contributed by atoms with Crippen LogP contribution in [0.4, 0.5) is 5.69 Å². The molecule has 0 aromatic heterocycles. The number of benzene rings is 1. The first-order valence-corrected chi connectivity index (χ1v) is 8.53. The van der Waals surface area contributed by atoms with Crippen LogP contribution in [0.2, 0.25) is 0 Å². The zero-order valence-corrected chi connectivity index (χ0v) is 12.3. The molecule has 1 aliphatic carbocycles. The first kappa shape index (κ1) is 15.3. The van der Waals surface area contributed by atoms with Crippen molar-refractivity contribution in [1.82, 2.24) is 0 Å². The van der Waals surface area contributed by atoms with Crippen LogP contribution in [0.5, 0.6) is 0 Å². The molecule has 0 amide bonds. The van der Waals surface area contributed by atoms with Crippen LogP contribution in [0.15, 0.2) is 29.2 Å². The minimum Gasteiger partial charge on any atom is -0.396 e. The minimum atomic E-state index is -3.63. The van der Waals surface area contributed by atoms with E-state index in [2.05, 4.69) is 5.32 Å². The molecule has 0 spiro atoms. The van der Waals surface area contributed by atoms with Crippen molar-refractivity contribution < 1.29 is 13.5 Å². The van der Waals surface area contributed by atoms with Gasteiger partial charge >= 0.3 is 0 Å². The molecule has 1 aromatic rings. The van der Waals surface area contributed by atoms with Crippen LogP contribution < -0.4 is 10.5 Å². The van der Waals surface area contributed by atoms with E-state index < -0.39 is 10.0 Å². The number of aliphatic hydroxyl groups is 1. The van der Waals surface area contributed by atoms with Gasteiger partial charge in [-0.2, -0.15) is 0 Å². The molecule has 1 aromatic carbocycles. The minimum absolute atomic E-state index is 0.119. The lowest BCUT2D eigenvalue weighted by Gasteiger charge is -2.30. The molecule has 4 N–H and O–H groups in total. The zero-order valence-electron chi connectivity index (χ0n) is 11.5. The quantitative estimate of drug-likeness (QED) is 0.769. The van der Waals surface area contributed by atoms with Crippen molar-refractivity contribution in [3.05, 3.63) is 24.3 Å². The van der Waals surface area contributed by atoms with E-state index in [0.717, 1.165) is 25.1 Å². The number of rotatable bonds is 5. The molecule has 0 bridgehead atoms. The summed E-state index contributed by atoms with van der Waals surface area (Å²) in [7, 11) is -3.63. The first-order chi connectivity index (χ1) is 9.50. The monoisotopic (exact) mass is 298 g/mol. The predicted octanol–water partition coefficient (Wildman–Crippen LogP) is 1.54. The van der Waals surface area contributed by atoms with Gasteiger partial charge in [-0.05, 0) is 48.9 Å². The van der Waals surface area contributed by atoms with Crippen molar-refractivity contribution in [1.29, 1.82) is 0 Å². The van der Waals surface area contributed by atoms with Gasteiger partial charge in [-0.15, -0.1) is 0 Å². The SMILES string of the molecule is NS(=O)(=O)c1ccc(NCC2CCCCC2CO)cc1. The maximum atomic E-state index is 11.2. The van der Waals surface area contributed by atoms with Gasteiger partial charge in [0.15, 0.2) is 0 Å². The van der Waals surface area contributed by atoms with Crippen molar-refractivity contribution in [3.8, 4) is 0 Å². The molecule has 2 unspecified atom stereocenters. The third-order valence-corrected chi connectivity index (χ3v) is 4.98. The normalized spacial score (nSPS) is 23.5. The van der Waals surface area contributed by atoms with E-state index in [1.54, 1.807) is 12.1 Å². The van der Waals surface area contributed by atoms with E-state index in [4.69, 9.17) is 5.14 Å². The summed E-state index contributed by atoms with van der Waals surface area (Å²) in [5.41, 5.74) is 0.875. The molecule has 2 atom stereocenters. The van der Waals surface area contributed by atoms with E-state index >= 15 is 0 Å². The smallest absolute Gasteiger partial charge is 0.238 e. The molecule has 0 aliphatic heterocycles. The standard InChI is InChI=1S/C14H22N2O3S/c15-20(18,19)14-7-5-13(6-8-14)16-9-11-3-1-2-4-12(11)10-17/h5-8,11-12,16-17H,1-4,9-10H2,(H2,15,18,19). The molecule has 0 radical (unpaired) electrons. The Morgan fingerprint density at radius 1 is 1.15 bits per heavy atom. The molecule has 1 saturated carbocycles. The maximum absolute atomic E-state index is 11.2. The number of anilines is 1. The Bertz CT molecular complexity index is 528. The summed E-state index contributed by atoms with van der Waals surface area (Å²) in [6.07, 6.45) is 4.64. The summed E-state index contributed by atoms with van der Waals surface area (Å²) < 4.78 is 22.3. The molecule has 20 heavy (non-hydrogen) atoms. The van der Waals surface area contributed by atoms with E-state index in [9.17, 15) is 13.5 Å². The lowest BCUT2D eigenvalue weighted by Crippen LogP contribution is -2.28. The van der Waals surface area contributed by atoms with Gasteiger partial charge in [0.25, 0.3) is 0 Å². The van der Waals surface area contributed by atoms with Crippen molar-refractivity contribution >= 4 is 15.7 Å². The molecule has 1 aliphatic rings. The van der Waals surface area contributed by atoms with E-state index in [1.165, 1.54) is 25.0 Å². The van der Waals surface area contributed by atoms with E-state index in [1.807, 2.05) is 0 Å². The number of nitrogens with two attached hydrogens (primary N) is 1. The summed E-state index contributed by atoms with van der Waals surface area (Å²) in [6, 6.07) is 6.44. The number of primary sulfonamides is 1. The van der Waals surface area contributed by atoms with Gasteiger partial charge in [0, 0.05) is 18.8 Å². The first-order valence-electron chi connectivity index (χ1n) is 6.98. The number of hydrogen-bond acceptors (Lipinski definition) is 4. The van der Waals surface area contributed by atoms with Gasteiger partial charge in [0.2, 0.25) is 10.0 Å². The summed E-state index contributed by atoms with van der Waals surface area (Å²) in [4.78, 5) is 0.119. The van der Waals surface area contributed by atoms with Gasteiger partial charge in [-0.3, -0.25) is 0 Å². The maximum Gasteiger partial charge on any atom is 0.238 e. The summed E-state index contributed by atoms with van der Waals surface area (Å²) in [5, 5.41) is 17.7. The van der Waals surface area contributed by atoms with Gasteiger partial charge in [-0.1, -0.05) is 12.8 Å². The fraction of sp³-hybridized carbons (Fsp3) is 0.571. The molecular weight excluding hydrogens is 276 g/mol.